The van der Waals surface area contributed by atoms with Crippen molar-refractivity contribution in [2.45, 2.75) is 99.8 Å². The molecule has 4 heterocycles. The number of nitrogens with one attached hydrogen (secondary N) is 2. The quantitative estimate of drug-likeness (QED) is 0.385. The van der Waals surface area contributed by atoms with Crippen molar-refractivity contribution >= 4 is 23.4 Å². The molecule has 9 nitrogen and oxygen atoms in total. The van der Waals surface area contributed by atoms with E-state index in [2.05, 4.69) is 20.7 Å². The van der Waals surface area contributed by atoms with Crippen LogP contribution in [0.25, 0.3) is 0 Å². The zero-order valence-corrected chi connectivity index (χ0v) is 23.1. The number of rotatable bonds is 5. The molecule has 5 rings (SSSR count). The van der Waals surface area contributed by atoms with Crippen molar-refractivity contribution in [3.05, 3.63) is 0 Å². The van der Waals surface area contributed by atoms with Crippen LogP contribution in [0.3, 0.4) is 0 Å². The topological polar surface area (TPSA) is 94.9 Å². The number of piperidine rings is 1. The molecule has 4 aliphatic heterocycles. The minimum atomic E-state index is -4.53. The number of hydrazine groups is 1. The SMILES string of the molecule is CN(C(=O)[C@H]1CCN(C(=O)CC#N)C1)[C@@H](C1CCC(N2CCCC3C2CNC2CC(Cl)NN23)CC1)C(F)(F)F. The lowest BCUT2D eigenvalue weighted by molar-refractivity contribution is -0.203. The van der Waals surface area contributed by atoms with Crippen molar-refractivity contribution < 1.29 is 22.8 Å². The number of likely N-dealkylation sites (tertiary alicyclic amines) is 2. The smallest absolute Gasteiger partial charge is 0.341 e. The minimum Gasteiger partial charge on any atom is -0.341 e. The number of nitrogens with zero attached hydrogens (tertiary/aromatic N) is 5. The molecule has 4 saturated heterocycles. The average Bonchev–Trinajstić information content (AvgIpc) is 3.54. The third kappa shape index (κ3) is 5.89. The molecule has 13 heteroatoms. The molecular formula is C26H39ClF3N7O2. The van der Waals surface area contributed by atoms with Crippen LogP contribution in [0.5, 0.6) is 0 Å². The lowest BCUT2D eigenvalue weighted by Crippen LogP contribution is -2.70. The molecule has 5 fully saturated rings. The molecule has 2 N–H and O–H groups in total. The third-order valence-corrected chi connectivity index (χ3v) is 9.91. The lowest BCUT2D eigenvalue weighted by Gasteiger charge is -2.53. The molecule has 1 saturated carbocycles. The second-order valence-corrected chi connectivity index (χ2v) is 12.4. The van der Waals surface area contributed by atoms with Crippen LogP contribution in [0.4, 0.5) is 13.2 Å². The zero-order chi connectivity index (χ0) is 27.9. The Morgan fingerprint density at radius 1 is 1.13 bits per heavy atom. The summed E-state index contributed by atoms with van der Waals surface area (Å²) in [6.07, 6.45) is 0.883. The fourth-order valence-corrected chi connectivity index (χ4v) is 8.10. The Kier molecular flexibility index (Phi) is 8.65. The maximum atomic E-state index is 14.4. The molecule has 0 spiro atoms. The molecule has 5 aliphatic rings. The maximum Gasteiger partial charge on any atom is 0.409 e. The van der Waals surface area contributed by atoms with E-state index >= 15 is 0 Å². The minimum absolute atomic E-state index is 0.0732. The normalized spacial score (nSPS) is 36.6. The summed E-state index contributed by atoms with van der Waals surface area (Å²) < 4.78 is 43.2. The summed E-state index contributed by atoms with van der Waals surface area (Å²) in [5, 5.41) is 14.6. The zero-order valence-electron chi connectivity index (χ0n) is 22.4. The number of fused-ring (bicyclic) bond motifs is 3. The first-order valence-corrected chi connectivity index (χ1v) is 14.7. The van der Waals surface area contributed by atoms with Crippen molar-refractivity contribution in [2.24, 2.45) is 11.8 Å². The van der Waals surface area contributed by atoms with E-state index in [4.69, 9.17) is 16.9 Å². The van der Waals surface area contributed by atoms with Crippen molar-refractivity contribution in [1.29, 1.82) is 5.26 Å². The monoisotopic (exact) mass is 573 g/mol. The van der Waals surface area contributed by atoms with Gasteiger partial charge in [0.2, 0.25) is 11.8 Å². The second-order valence-electron chi connectivity index (χ2n) is 11.8. The highest BCUT2D eigenvalue weighted by molar-refractivity contribution is 6.20. The number of carbonyl (C=O) groups is 2. The first-order chi connectivity index (χ1) is 18.6. The van der Waals surface area contributed by atoms with Gasteiger partial charge in [-0.1, -0.05) is 0 Å². The number of alkyl halides is 4. The average molecular weight is 574 g/mol. The van der Waals surface area contributed by atoms with Crippen LogP contribution in [0.2, 0.25) is 0 Å². The van der Waals surface area contributed by atoms with E-state index in [1.807, 2.05) is 0 Å². The molecule has 6 atom stereocenters. The second kappa shape index (κ2) is 11.7. The Hall–Kier alpha value is -1.65. The Morgan fingerprint density at radius 2 is 1.87 bits per heavy atom. The predicted octanol–water partition coefficient (Wildman–Crippen LogP) is 2.23. The molecule has 0 aromatic heterocycles. The van der Waals surface area contributed by atoms with Gasteiger partial charge in [0.15, 0.2) is 0 Å². The summed E-state index contributed by atoms with van der Waals surface area (Å²) in [6.45, 7) is 2.17. The first-order valence-electron chi connectivity index (χ1n) is 14.2. The summed E-state index contributed by atoms with van der Waals surface area (Å²) >= 11 is 6.35. The van der Waals surface area contributed by atoms with Gasteiger partial charge in [0.1, 0.15) is 12.5 Å². The van der Waals surface area contributed by atoms with Gasteiger partial charge < -0.3 is 9.80 Å². The molecule has 0 bridgehead atoms. The van der Waals surface area contributed by atoms with E-state index in [9.17, 15) is 22.8 Å². The van der Waals surface area contributed by atoms with Gasteiger partial charge in [-0.2, -0.15) is 18.4 Å². The molecule has 0 aromatic rings. The fraction of sp³-hybridized carbons (Fsp3) is 0.885. The van der Waals surface area contributed by atoms with Crippen molar-refractivity contribution in [3.8, 4) is 6.07 Å². The molecule has 0 radical (unpaired) electrons. The van der Waals surface area contributed by atoms with E-state index in [0.717, 1.165) is 37.3 Å². The standard InChI is InChI=1S/C26H39ClF3N7O2/c1-34(25(39)17-9-12-35(15-17)23(38)8-10-31)24(26(28,29)30)16-4-6-18(7-5-16)36-11-2-3-19-20(36)14-32-22-13-21(27)33-37(19)22/h16-22,24,32-33H,2-9,11-15H2,1H3/t16?,17-,18?,19?,20?,21?,22?,24-/m0/s1. The van der Waals surface area contributed by atoms with Crippen LogP contribution in [-0.4, -0.2) is 107 Å². The van der Waals surface area contributed by atoms with Gasteiger partial charge in [0.05, 0.1) is 23.7 Å². The molecule has 4 unspecified atom stereocenters. The number of carbonyl (C=O) groups excluding carboxylic acids is 2. The Labute approximate surface area is 232 Å². The van der Waals surface area contributed by atoms with Crippen LogP contribution in [0.15, 0.2) is 0 Å². The van der Waals surface area contributed by atoms with Crippen molar-refractivity contribution in [3.63, 3.8) is 0 Å². The van der Waals surface area contributed by atoms with E-state index in [-0.39, 0.29) is 36.6 Å². The highest BCUT2D eigenvalue weighted by atomic mass is 35.5. The van der Waals surface area contributed by atoms with E-state index < -0.39 is 30.0 Å². The van der Waals surface area contributed by atoms with Gasteiger partial charge in [-0.05, 0) is 57.4 Å². The van der Waals surface area contributed by atoms with Gasteiger partial charge >= 0.3 is 6.18 Å². The van der Waals surface area contributed by atoms with Crippen molar-refractivity contribution in [1.82, 2.24) is 30.5 Å². The summed E-state index contributed by atoms with van der Waals surface area (Å²) in [5.41, 5.74) is 3.30. The predicted molar refractivity (Wildman–Crippen MR) is 138 cm³/mol. The van der Waals surface area contributed by atoms with E-state index in [1.54, 1.807) is 6.07 Å². The van der Waals surface area contributed by atoms with Crippen LogP contribution in [-0.2, 0) is 9.59 Å². The first kappa shape index (κ1) is 28.9. The number of hydrogen-bond acceptors (Lipinski definition) is 7. The molecular weight excluding hydrogens is 535 g/mol. The number of hydrogen-bond donors (Lipinski definition) is 2. The fourth-order valence-electron chi connectivity index (χ4n) is 7.82. The van der Waals surface area contributed by atoms with Gasteiger partial charge in [-0.25, -0.2) is 10.4 Å². The Balaban J connectivity index is 1.20. The van der Waals surface area contributed by atoms with E-state index in [0.29, 0.717) is 50.7 Å². The Bertz CT molecular complexity index is 957. The molecule has 2 amide bonds. The van der Waals surface area contributed by atoms with Crippen LogP contribution in [0, 0.1) is 23.2 Å². The number of halogens is 4. The number of nitriles is 1. The largest absolute Gasteiger partial charge is 0.409 e. The van der Waals surface area contributed by atoms with Gasteiger partial charge in [0.25, 0.3) is 0 Å². The molecule has 0 aromatic carbocycles. The van der Waals surface area contributed by atoms with Crippen LogP contribution in [0.1, 0.15) is 57.8 Å². The summed E-state index contributed by atoms with van der Waals surface area (Å²) in [4.78, 5) is 30.0. The van der Waals surface area contributed by atoms with Crippen molar-refractivity contribution in [2.75, 3.05) is 33.2 Å². The third-order valence-electron chi connectivity index (χ3n) is 9.64. The van der Waals surface area contributed by atoms with Crippen LogP contribution >= 0.6 is 11.6 Å². The lowest BCUT2D eigenvalue weighted by atomic mass is 9.78. The van der Waals surface area contributed by atoms with Gasteiger partial charge in [-0.3, -0.25) is 19.8 Å². The van der Waals surface area contributed by atoms with E-state index in [1.165, 1.54) is 11.9 Å². The molecule has 39 heavy (non-hydrogen) atoms. The molecule has 1 aliphatic carbocycles. The summed E-state index contributed by atoms with van der Waals surface area (Å²) in [7, 11) is 1.26. The Morgan fingerprint density at radius 3 is 2.56 bits per heavy atom. The number of amides is 2. The summed E-state index contributed by atoms with van der Waals surface area (Å²) in [5.74, 6) is -2.27. The molecule has 218 valence electrons. The van der Waals surface area contributed by atoms with Gasteiger partial charge in [-0.15, -0.1) is 11.6 Å². The van der Waals surface area contributed by atoms with Gasteiger partial charge in [0, 0.05) is 51.2 Å². The highest BCUT2D eigenvalue weighted by Crippen LogP contribution is 2.41. The van der Waals surface area contributed by atoms with Crippen LogP contribution < -0.4 is 10.7 Å². The highest BCUT2D eigenvalue weighted by Gasteiger charge is 2.52. The maximum absolute atomic E-state index is 14.4. The summed E-state index contributed by atoms with van der Waals surface area (Å²) in [6, 6.07) is 0.815.